The average molecular weight is 507 g/mol. The van der Waals surface area contributed by atoms with Crippen LogP contribution in [-0.4, -0.2) is 64.3 Å². The van der Waals surface area contributed by atoms with Crippen molar-refractivity contribution in [2.24, 2.45) is 11.8 Å². The molecule has 6 atom stereocenters. The van der Waals surface area contributed by atoms with Crippen molar-refractivity contribution < 1.29 is 29.0 Å². The summed E-state index contributed by atoms with van der Waals surface area (Å²) in [5.74, 6) is -2.81. The summed E-state index contributed by atoms with van der Waals surface area (Å²) >= 11 is 0. The number of hydrogen-bond donors (Lipinski definition) is 2. The fraction of sp³-hybridized carbons (Fsp3) is 0.483. The standard InChI is InChI=1S/C29H34N2O6/c1-3-36-27(35)23-22-26(34)31(21(18-32)16-19-10-6-4-7-11-19)24(29(22)15-14-28(23,2)37-29)25(33)30-17-20-12-8-5-9-13-20/h4-13,21-24,32H,3,14-18H2,1-2H3,(H,30,33)/t21-,22+,23-,24?,28+,29?/m1/s1. The Hall–Kier alpha value is -3.23. The molecule has 3 heterocycles. The van der Waals surface area contributed by atoms with Crippen LogP contribution in [0.1, 0.15) is 37.8 Å². The number of benzene rings is 2. The van der Waals surface area contributed by atoms with Crippen LogP contribution in [0.2, 0.25) is 0 Å². The number of rotatable bonds is 9. The molecule has 2 N–H and O–H groups in total. The Bertz CT molecular complexity index is 1160. The summed E-state index contributed by atoms with van der Waals surface area (Å²) in [7, 11) is 0. The zero-order chi connectivity index (χ0) is 26.2. The summed E-state index contributed by atoms with van der Waals surface area (Å²) in [6.07, 6.45) is 1.38. The molecule has 0 aliphatic carbocycles. The van der Waals surface area contributed by atoms with E-state index in [0.717, 1.165) is 11.1 Å². The minimum absolute atomic E-state index is 0.192. The third kappa shape index (κ3) is 4.22. The smallest absolute Gasteiger partial charge is 0.312 e. The third-order valence-corrected chi connectivity index (χ3v) is 8.23. The molecule has 2 unspecified atom stereocenters. The highest BCUT2D eigenvalue weighted by atomic mass is 16.6. The van der Waals surface area contributed by atoms with Gasteiger partial charge in [-0.1, -0.05) is 60.7 Å². The first kappa shape index (κ1) is 25.4. The third-order valence-electron chi connectivity index (χ3n) is 8.23. The lowest BCUT2D eigenvalue weighted by molar-refractivity contribution is -0.160. The molecule has 3 saturated heterocycles. The van der Waals surface area contributed by atoms with Gasteiger partial charge in [0.15, 0.2) is 0 Å². The van der Waals surface area contributed by atoms with E-state index in [-0.39, 0.29) is 25.0 Å². The van der Waals surface area contributed by atoms with Gasteiger partial charge in [-0.25, -0.2) is 0 Å². The lowest BCUT2D eigenvalue weighted by Gasteiger charge is -2.37. The number of nitrogens with one attached hydrogen (secondary N) is 1. The molecular formula is C29H34N2O6. The first-order valence-electron chi connectivity index (χ1n) is 13.0. The predicted molar refractivity (Wildman–Crippen MR) is 135 cm³/mol. The monoisotopic (exact) mass is 506 g/mol. The van der Waals surface area contributed by atoms with E-state index >= 15 is 0 Å². The predicted octanol–water partition coefficient (Wildman–Crippen LogP) is 2.23. The van der Waals surface area contributed by atoms with Crippen LogP contribution >= 0.6 is 0 Å². The van der Waals surface area contributed by atoms with E-state index in [0.29, 0.717) is 25.8 Å². The van der Waals surface area contributed by atoms with Crippen molar-refractivity contribution >= 4 is 17.8 Å². The number of amides is 2. The summed E-state index contributed by atoms with van der Waals surface area (Å²) in [6, 6.07) is 17.5. The SMILES string of the molecule is CCOC(=O)[C@H]1[C@H]2C(=O)N([C@@H](CO)Cc3ccccc3)C(C(=O)NCc3ccccc3)C23CC[C@]1(C)O3. The summed E-state index contributed by atoms with van der Waals surface area (Å²) in [5.41, 5.74) is -0.179. The fourth-order valence-electron chi connectivity index (χ4n) is 6.66. The number of carbonyl (C=O) groups excluding carboxylic acids is 3. The summed E-state index contributed by atoms with van der Waals surface area (Å²) in [6.45, 7) is 3.73. The Morgan fingerprint density at radius 3 is 2.38 bits per heavy atom. The van der Waals surface area contributed by atoms with E-state index in [1.165, 1.54) is 4.90 Å². The number of esters is 1. The van der Waals surface area contributed by atoms with Gasteiger partial charge in [0.2, 0.25) is 11.8 Å². The van der Waals surface area contributed by atoms with E-state index < -0.39 is 41.1 Å². The molecule has 8 nitrogen and oxygen atoms in total. The summed E-state index contributed by atoms with van der Waals surface area (Å²) in [5, 5.41) is 13.5. The molecule has 2 aromatic rings. The van der Waals surface area contributed by atoms with Gasteiger partial charge in [0.1, 0.15) is 17.6 Å². The Morgan fingerprint density at radius 2 is 1.76 bits per heavy atom. The van der Waals surface area contributed by atoms with Gasteiger partial charge in [0.25, 0.3) is 0 Å². The van der Waals surface area contributed by atoms with E-state index in [2.05, 4.69) is 5.32 Å². The number of fused-ring (bicyclic) bond motifs is 1. The van der Waals surface area contributed by atoms with Gasteiger partial charge < -0.3 is 24.8 Å². The Balaban J connectivity index is 1.52. The van der Waals surface area contributed by atoms with Crippen LogP contribution in [-0.2, 0) is 36.8 Å². The van der Waals surface area contributed by atoms with Crippen molar-refractivity contribution in [3.63, 3.8) is 0 Å². The Kier molecular flexibility index (Phi) is 6.81. The highest BCUT2D eigenvalue weighted by Gasteiger charge is 2.78. The molecule has 1 spiro atoms. The molecule has 3 fully saturated rings. The van der Waals surface area contributed by atoms with Crippen LogP contribution in [0, 0.1) is 11.8 Å². The number of likely N-dealkylation sites (tertiary alicyclic amines) is 1. The van der Waals surface area contributed by atoms with E-state index in [1.807, 2.05) is 67.6 Å². The molecule has 8 heteroatoms. The van der Waals surface area contributed by atoms with Gasteiger partial charge in [-0.05, 0) is 44.2 Å². The molecule has 37 heavy (non-hydrogen) atoms. The number of nitrogens with zero attached hydrogens (tertiary/aromatic N) is 1. The van der Waals surface area contributed by atoms with Gasteiger partial charge in [-0.3, -0.25) is 14.4 Å². The lowest BCUT2D eigenvalue weighted by Crippen LogP contribution is -2.58. The maximum Gasteiger partial charge on any atom is 0.312 e. The molecule has 2 amide bonds. The van der Waals surface area contributed by atoms with Gasteiger partial charge in [0.05, 0.1) is 30.8 Å². The molecule has 0 radical (unpaired) electrons. The van der Waals surface area contributed by atoms with Gasteiger partial charge in [-0.2, -0.15) is 0 Å². The molecule has 196 valence electrons. The number of aliphatic hydroxyl groups is 1. The summed E-state index contributed by atoms with van der Waals surface area (Å²) in [4.78, 5) is 42.7. The normalized spacial score (nSPS) is 30.7. The van der Waals surface area contributed by atoms with Crippen molar-refractivity contribution in [3.8, 4) is 0 Å². The van der Waals surface area contributed by atoms with Crippen LogP contribution in [0.3, 0.4) is 0 Å². The quantitative estimate of drug-likeness (QED) is 0.506. The Morgan fingerprint density at radius 1 is 1.11 bits per heavy atom. The summed E-state index contributed by atoms with van der Waals surface area (Å²) < 4.78 is 12.0. The molecule has 0 aromatic heterocycles. The molecule has 3 aliphatic heterocycles. The number of carbonyl (C=O) groups is 3. The second kappa shape index (κ2) is 9.91. The molecule has 2 bridgehead atoms. The lowest BCUT2D eigenvalue weighted by atomic mass is 9.66. The zero-order valence-corrected chi connectivity index (χ0v) is 21.3. The van der Waals surface area contributed by atoms with Crippen LogP contribution in [0.25, 0.3) is 0 Å². The van der Waals surface area contributed by atoms with Gasteiger partial charge in [0, 0.05) is 6.54 Å². The maximum absolute atomic E-state index is 14.2. The first-order chi connectivity index (χ1) is 17.8. The second-order valence-electron chi connectivity index (χ2n) is 10.5. The highest BCUT2D eigenvalue weighted by Crippen LogP contribution is 2.63. The van der Waals surface area contributed by atoms with E-state index in [4.69, 9.17) is 9.47 Å². The van der Waals surface area contributed by atoms with Crippen molar-refractivity contribution in [2.45, 2.75) is 62.9 Å². The molecule has 2 aromatic carbocycles. The van der Waals surface area contributed by atoms with Crippen LogP contribution in [0.5, 0.6) is 0 Å². The van der Waals surface area contributed by atoms with E-state index in [1.54, 1.807) is 6.92 Å². The molecule has 5 rings (SSSR count). The largest absolute Gasteiger partial charge is 0.466 e. The highest BCUT2D eigenvalue weighted by molar-refractivity contribution is 5.98. The van der Waals surface area contributed by atoms with Gasteiger partial charge in [-0.15, -0.1) is 0 Å². The fourth-order valence-corrected chi connectivity index (χ4v) is 6.66. The zero-order valence-electron chi connectivity index (χ0n) is 21.3. The van der Waals surface area contributed by atoms with Crippen molar-refractivity contribution in [3.05, 3.63) is 71.8 Å². The van der Waals surface area contributed by atoms with E-state index in [9.17, 15) is 19.5 Å². The van der Waals surface area contributed by atoms with Crippen molar-refractivity contribution in [2.75, 3.05) is 13.2 Å². The topological polar surface area (TPSA) is 105 Å². The van der Waals surface area contributed by atoms with Crippen LogP contribution < -0.4 is 5.32 Å². The molecular weight excluding hydrogens is 472 g/mol. The number of ether oxygens (including phenoxy) is 2. The molecule has 0 saturated carbocycles. The Labute approximate surface area is 216 Å². The second-order valence-corrected chi connectivity index (χ2v) is 10.5. The maximum atomic E-state index is 14.2. The number of hydrogen-bond acceptors (Lipinski definition) is 6. The van der Waals surface area contributed by atoms with Gasteiger partial charge >= 0.3 is 5.97 Å². The van der Waals surface area contributed by atoms with Crippen molar-refractivity contribution in [1.82, 2.24) is 10.2 Å². The number of aliphatic hydroxyl groups excluding tert-OH is 1. The minimum Gasteiger partial charge on any atom is -0.466 e. The average Bonchev–Trinajstić information content (AvgIpc) is 3.48. The van der Waals surface area contributed by atoms with Crippen LogP contribution in [0.15, 0.2) is 60.7 Å². The minimum atomic E-state index is -1.16. The van der Waals surface area contributed by atoms with Crippen LogP contribution in [0.4, 0.5) is 0 Å². The van der Waals surface area contributed by atoms with Crippen molar-refractivity contribution in [1.29, 1.82) is 0 Å². The molecule has 3 aliphatic rings. The first-order valence-corrected chi connectivity index (χ1v) is 13.0.